The molecule has 0 aromatic carbocycles. The van der Waals surface area contributed by atoms with Gasteiger partial charge in [-0.25, -0.2) is 8.42 Å². The monoisotopic (exact) mass is 261 g/mol. The summed E-state index contributed by atoms with van der Waals surface area (Å²) in [4.78, 5) is 11.4. The molecule has 5 nitrogen and oxygen atoms in total. The molecule has 0 aliphatic carbocycles. The van der Waals surface area contributed by atoms with Gasteiger partial charge in [0, 0.05) is 18.0 Å². The Kier molecular flexibility index (Phi) is 4.32. The smallest absolute Gasteiger partial charge is 0.307 e. The van der Waals surface area contributed by atoms with E-state index in [0.29, 0.717) is 6.54 Å². The van der Waals surface area contributed by atoms with Gasteiger partial charge in [0.2, 0.25) is 0 Å². The van der Waals surface area contributed by atoms with Crippen molar-refractivity contribution in [2.24, 2.45) is 0 Å². The van der Waals surface area contributed by atoms with Crippen molar-refractivity contribution in [1.29, 1.82) is 0 Å². The van der Waals surface area contributed by atoms with Crippen molar-refractivity contribution in [3.63, 3.8) is 0 Å². The van der Waals surface area contributed by atoms with E-state index in [9.17, 15) is 13.2 Å². The number of sulfone groups is 1. The highest BCUT2D eigenvalue weighted by Crippen LogP contribution is 2.09. The highest BCUT2D eigenvalue weighted by atomic mass is 32.2. The number of hydrogen-bond donors (Lipinski definition) is 1. The van der Waals surface area contributed by atoms with Gasteiger partial charge in [0.05, 0.1) is 12.2 Å². The van der Waals surface area contributed by atoms with Crippen LogP contribution in [-0.2, 0) is 19.4 Å². The third-order valence-electron chi connectivity index (χ3n) is 2.09. The van der Waals surface area contributed by atoms with Crippen molar-refractivity contribution in [3.8, 4) is 0 Å². The molecule has 0 fully saturated rings. The summed E-state index contributed by atoms with van der Waals surface area (Å²) in [6.07, 6.45) is 1.84. The Morgan fingerprint density at radius 2 is 2.12 bits per heavy atom. The Labute approximate surface area is 102 Å². The average molecular weight is 261 g/mol. The molecule has 1 heterocycles. The van der Waals surface area contributed by atoms with Crippen LogP contribution in [-0.4, -0.2) is 38.3 Å². The van der Waals surface area contributed by atoms with Crippen LogP contribution in [0.5, 0.6) is 0 Å². The molecule has 1 aliphatic rings. The normalized spacial score (nSPS) is 22.6. The summed E-state index contributed by atoms with van der Waals surface area (Å²) in [7, 11) is -3.03. The van der Waals surface area contributed by atoms with Gasteiger partial charge in [-0.15, -0.1) is 0 Å². The molecule has 6 heteroatoms. The summed E-state index contributed by atoms with van der Waals surface area (Å²) < 4.78 is 27.3. The van der Waals surface area contributed by atoms with E-state index in [4.69, 9.17) is 4.74 Å². The highest BCUT2D eigenvalue weighted by Gasteiger charge is 2.21. The van der Waals surface area contributed by atoms with Gasteiger partial charge in [-0.3, -0.25) is 4.79 Å². The predicted molar refractivity (Wildman–Crippen MR) is 65.2 cm³/mol. The van der Waals surface area contributed by atoms with Crippen LogP contribution < -0.4 is 5.32 Å². The molecule has 1 aliphatic heterocycles. The van der Waals surface area contributed by atoms with Gasteiger partial charge in [-0.05, 0) is 20.8 Å². The first-order valence-electron chi connectivity index (χ1n) is 5.54. The lowest BCUT2D eigenvalue weighted by Crippen LogP contribution is -2.33. The van der Waals surface area contributed by atoms with Crippen molar-refractivity contribution in [2.45, 2.75) is 38.8 Å². The van der Waals surface area contributed by atoms with Gasteiger partial charge < -0.3 is 10.1 Å². The van der Waals surface area contributed by atoms with Gasteiger partial charge >= 0.3 is 5.97 Å². The largest absolute Gasteiger partial charge is 0.460 e. The van der Waals surface area contributed by atoms with Crippen LogP contribution in [0.2, 0.25) is 0 Å². The summed E-state index contributed by atoms with van der Waals surface area (Å²) in [5, 5.41) is 4.19. The SMILES string of the molecule is CC(C)(C)OC(=O)CCNC1C=CS(=O)(=O)C1. The maximum Gasteiger partial charge on any atom is 0.307 e. The predicted octanol–water partition coefficient (Wildman–Crippen LogP) is 0.619. The lowest BCUT2D eigenvalue weighted by atomic mass is 10.2. The maximum absolute atomic E-state index is 11.4. The topological polar surface area (TPSA) is 72.5 Å². The molecule has 0 radical (unpaired) electrons. The average Bonchev–Trinajstić information content (AvgIpc) is 2.42. The van der Waals surface area contributed by atoms with E-state index in [1.165, 1.54) is 5.41 Å². The molecular formula is C11H19NO4S. The fraction of sp³-hybridized carbons (Fsp3) is 0.727. The maximum atomic E-state index is 11.4. The molecule has 0 bridgehead atoms. The first-order chi connectivity index (χ1) is 7.68. The molecule has 1 N–H and O–H groups in total. The van der Waals surface area contributed by atoms with Crippen LogP contribution >= 0.6 is 0 Å². The second kappa shape index (κ2) is 5.18. The zero-order valence-corrected chi connectivity index (χ0v) is 11.2. The number of esters is 1. The molecule has 17 heavy (non-hydrogen) atoms. The molecule has 0 amide bonds. The number of nitrogens with one attached hydrogen (secondary N) is 1. The summed E-state index contributed by atoms with van der Waals surface area (Å²) in [6, 6.07) is -0.192. The fourth-order valence-electron chi connectivity index (χ4n) is 1.46. The van der Waals surface area contributed by atoms with E-state index in [-0.39, 0.29) is 24.2 Å². The van der Waals surface area contributed by atoms with Gasteiger partial charge in [-0.2, -0.15) is 0 Å². The quantitative estimate of drug-likeness (QED) is 0.751. The molecular weight excluding hydrogens is 242 g/mol. The first kappa shape index (κ1) is 14.2. The highest BCUT2D eigenvalue weighted by molar-refractivity contribution is 7.94. The van der Waals surface area contributed by atoms with E-state index in [2.05, 4.69) is 5.32 Å². The number of carbonyl (C=O) groups excluding carboxylic acids is 1. The van der Waals surface area contributed by atoms with Crippen molar-refractivity contribution >= 4 is 15.8 Å². The minimum atomic E-state index is -3.03. The van der Waals surface area contributed by atoms with Gasteiger partial charge in [0.25, 0.3) is 0 Å². The van der Waals surface area contributed by atoms with Crippen LogP contribution in [0, 0.1) is 0 Å². The molecule has 0 saturated carbocycles. The van der Waals surface area contributed by atoms with Crippen LogP contribution in [0.25, 0.3) is 0 Å². The van der Waals surface area contributed by atoms with E-state index < -0.39 is 15.4 Å². The first-order valence-corrected chi connectivity index (χ1v) is 7.26. The van der Waals surface area contributed by atoms with Crippen molar-refractivity contribution in [1.82, 2.24) is 5.32 Å². The summed E-state index contributed by atoms with van der Waals surface area (Å²) in [6.45, 7) is 5.85. The van der Waals surface area contributed by atoms with Crippen LogP contribution in [0.3, 0.4) is 0 Å². The molecule has 0 saturated heterocycles. The van der Waals surface area contributed by atoms with Crippen molar-refractivity contribution in [3.05, 3.63) is 11.5 Å². The Hall–Kier alpha value is -0.880. The van der Waals surface area contributed by atoms with Gasteiger partial charge in [0.15, 0.2) is 9.84 Å². The van der Waals surface area contributed by atoms with Crippen molar-refractivity contribution < 1.29 is 17.9 Å². The molecule has 98 valence electrons. The lowest BCUT2D eigenvalue weighted by Gasteiger charge is -2.19. The van der Waals surface area contributed by atoms with Crippen LogP contribution in [0.4, 0.5) is 0 Å². The molecule has 0 aromatic rings. The number of hydrogen-bond acceptors (Lipinski definition) is 5. The van der Waals surface area contributed by atoms with Crippen LogP contribution in [0.15, 0.2) is 11.5 Å². The zero-order valence-electron chi connectivity index (χ0n) is 10.4. The molecule has 0 aromatic heterocycles. The Morgan fingerprint density at radius 3 is 2.59 bits per heavy atom. The van der Waals surface area contributed by atoms with E-state index >= 15 is 0 Å². The second-order valence-corrected chi connectivity index (χ2v) is 6.99. The van der Waals surface area contributed by atoms with E-state index in [0.717, 1.165) is 0 Å². The van der Waals surface area contributed by atoms with Crippen LogP contribution in [0.1, 0.15) is 27.2 Å². The summed E-state index contributed by atoms with van der Waals surface area (Å²) in [5.41, 5.74) is -0.478. The second-order valence-electron chi connectivity index (χ2n) is 5.06. The standard InChI is InChI=1S/C11H19NO4S/c1-11(2,3)16-10(13)4-6-12-9-5-7-17(14,15)8-9/h5,7,9,12H,4,6,8H2,1-3H3. The summed E-state index contributed by atoms with van der Waals surface area (Å²) in [5.74, 6) is -0.212. The third-order valence-corrected chi connectivity index (χ3v) is 3.48. The Morgan fingerprint density at radius 1 is 1.47 bits per heavy atom. The number of ether oxygens (including phenoxy) is 1. The van der Waals surface area contributed by atoms with Gasteiger partial charge in [0.1, 0.15) is 5.60 Å². The van der Waals surface area contributed by atoms with Crippen molar-refractivity contribution in [2.75, 3.05) is 12.3 Å². The lowest BCUT2D eigenvalue weighted by molar-refractivity contribution is -0.154. The molecule has 0 spiro atoms. The Balaban J connectivity index is 2.22. The third kappa shape index (κ3) is 5.83. The van der Waals surface area contributed by atoms with Gasteiger partial charge in [-0.1, -0.05) is 6.08 Å². The molecule has 1 atom stereocenters. The summed E-state index contributed by atoms with van der Waals surface area (Å²) >= 11 is 0. The fourth-order valence-corrected chi connectivity index (χ4v) is 2.72. The van der Waals surface area contributed by atoms with E-state index in [1.54, 1.807) is 6.08 Å². The zero-order chi connectivity index (χ0) is 13.1. The minimum absolute atomic E-state index is 0.0708. The van der Waals surface area contributed by atoms with E-state index in [1.807, 2.05) is 20.8 Å². The Bertz CT molecular complexity index is 406. The number of rotatable bonds is 4. The minimum Gasteiger partial charge on any atom is -0.460 e. The molecule has 1 rings (SSSR count). The molecule has 1 unspecified atom stereocenters. The number of carbonyl (C=O) groups is 1.